The fourth-order valence-electron chi connectivity index (χ4n) is 2.50. The largest absolute Gasteiger partial charge is 0.328 e. The highest BCUT2D eigenvalue weighted by Crippen LogP contribution is 2.35. The summed E-state index contributed by atoms with van der Waals surface area (Å²) in [5.74, 6) is 0.685. The molecular weight excluding hydrogens is 320 g/mol. The average Bonchev–Trinajstić information content (AvgIpc) is 2.85. The Kier molecular flexibility index (Phi) is 3.17. The van der Waals surface area contributed by atoms with Crippen molar-refractivity contribution in [2.24, 2.45) is 0 Å². The molecule has 3 rings (SSSR count). The van der Waals surface area contributed by atoms with Gasteiger partial charge in [0.05, 0.1) is 0 Å². The number of carbonyl (C=O) groups is 1. The summed E-state index contributed by atoms with van der Waals surface area (Å²) in [7, 11) is 0. The SMILES string of the molecule is CC(=O)C1=C(C)Nc2ncnn2[C@H]1c1ccc(Br)cc1. The summed E-state index contributed by atoms with van der Waals surface area (Å²) in [6.45, 7) is 3.47. The van der Waals surface area contributed by atoms with Crippen LogP contribution in [0, 0.1) is 0 Å². The molecule has 1 aliphatic heterocycles. The van der Waals surface area contributed by atoms with Gasteiger partial charge >= 0.3 is 0 Å². The number of fused-ring (bicyclic) bond motifs is 1. The molecule has 20 heavy (non-hydrogen) atoms. The number of nitrogens with one attached hydrogen (secondary N) is 1. The van der Waals surface area contributed by atoms with Crippen LogP contribution in [0.4, 0.5) is 5.95 Å². The molecule has 0 unspecified atom stereocenters. The summed E-state index contributed by atoms with van der Waals surface area (Å²) in [6.07, 6.45) is 1.49. The first-order valence-electron chi connectivity index (χ1n) is 6.21. The quantitative estimate of drug-likeness (QED) is 0.918. The second-order valence-electron chi connectivity index (χ2n) is 4.70. The molecule has 1 aromatic heterocycles. The van der Waals surface area contributed by atoms with Gasteiger partial charge in [-0.3, -0.25) is 4.79 Å². The number of rotatable bonds is 2. The predicted molar refractivity (Wildman–Crippen MR) is 79.3 cm³/mol. The summed E-state index contributed by atoms with van der Waals surface area (Å²) in [4.78, 5) is 16.2. The van der Waals surface area contributed by atoms with Crippen molar-refractivity contribution in [2.45, 2.75) is 19.9 Å². The van der Waals surface area contributed by atoms with E-state index in [0.717, 1.165) is 15.7 Å². The molecule has 1 N–H and O–H groups in total. The number of Topliss-reactive ketones (excluding diaryl/α,β-unsaturated/α-hetero) is 1. The van der Waals surface area contributed by atoms with Crippen LogP contribution in [0.5, 0.6) is 0 Å². The Morgan fingerprint density at radius 1 is 1.35 bits per heavy atom. The van der Waals surface area contributed by atoms with Gasteiger partial charge in [-0.25, -0.2) is 4.68 Å². The number of hydrogen-bond acceptors (Lipinski definition) is 4. The second-order valence-corrected chi connectivity index (χ2v) is 5.62. The number of nitrogens with zero attached hydrogens (tertiary/aromatic N) is 3. The minimum Gasteiger partial charge on any atom is -0.328 e. The van der Waals surface area contributed by atoms with E-state index in [4.69, 9.17) is 0 Å². The fraction of sp³-hybridized carbons (Fsp3) is 0.214. The van der Waals surface area contributed by atoms with Crippen molar-refractivity contribution >= 4 is 27.7 Å². The Labute approximate surface area is 124 Å². The molecule has 0 spiro atoms. The molecule has 2 heterocycles. The Morgan fingerprint density at radius 3 is 2.70 bits per heavy atom. The van der Waals surface area contributed by atoms with Crippen LogP contribution in [0.15, 0.2) is 46.3 Å². The lowest BCUT2D eigenvalue weighted by Gasteiger charge is -2.28. The van der Waals surface area contributed by atoms with E-state index in [0.29, 0.717) is 11.5 Å². The van der Waals surface area contributed by atoms with E-state index in [9.17, 15) is 4.79 Å². The predicted octanol–water partition coefficient (Wildman–Crippen LogP) is 2.92. The number of carbonyl (C=O) groups excluding carboxylic acids is 1. The number of hydrogen-bond donors (Lipinski definition) is 1. The molecule has 1 atom stereocenters. The van der Waals surface area contributed by atoms with Crippen molar-refractivity contribution < 1.29 is 4.79 Å². The van der Waals surface area contributed by atoms with Gasteiger partial charge in [-0.05, 0) is 31.5 Å². The van der Waals surface area contributed by atoms with E-state index in [-0.39, 0.29) is 11.8 Å². The maximum Gasteiger partial charge on any atom is 0.226 e. The van der Waals surface area contributed by atoms with Gasteiger partial charge in [-0.1, -0.05) is 28.1 Å². The monoisotopic (exact) mass is 332 g/mol. The van der Waals surface area contributed by atoms with Gasteiger partial charge in [0, 0.05) is 15.7 Å². The molecule has 6 heteroatoms. The molecule has 102 valence electrons. The first-order valence-corrected chi connectivity index (χ1v) is 7.01. The summed E-state index contributed by atoms with van der Waals surface area (Å²) in [5.41, 5.74) is 2.54. The second kappa shape index (κ2) is 4.86. The van der Waals surface area contributed by atoms with Crippen molar-refractivity contribution in [3.63, 3.8) is 0 Å². The lowest BCUT2D eigenvalue weighted by atomic mass is 9.93. The molecule has 0 bridgehead atoms. The van der Waals surface area contributed by atoms with E-state index in [1.54, 1.807) is 11.6 Å². The van der Waals surface area contributed by atoms with Gasteiger partial charge in [-0.15, -0.1) is 0 Å². The Hall–Kier alpha value is -1.95. The van der Waals surface area contributed by atoms with Gasteiger partial charge in [0.2, 0.25) is 5.95 Å². The smallest absolute Gasteiger partial charge is 0.226 e. The number of benzene rings is 1. The van der Waals surface area contributed by atoms with Crippen molar-refractivity contribution in [1.82, 2.24) is 14.8 Å². The van der Waals surface area contributed by atoms with Gasteiger partial charge in [0.1, 0.15) is 12.4 Å². The minimum atomic E-state index is -0.237. The number of anilines is 1. The maximum absolute atomic E-state index is 12.0. The maximum atomic E-state index is 12.0. The van der Waals surface area contributed by atoms with Crippen LogP contribution in [0.3, 0.4) is 0 Å². The molecule has 1 aromatic carbocycles. The van der Waals surface area contributed by atoms with Crippen LogP contribution in [-0.2, 0) is 4.79 Å². The van der Waals surface area contributed by atoms with E-state index < -0.39 is 0 Å². The zero-order chi connectivity index (χ0) is 14.3. The Morgan fingerprint density at radius 2 is 2.05 bits per heavy atom. The Bertz CT molecular complexity index is 702. The van der Waals surface area contributed by atoms with Gasteiger partial charge < -0.3 is 5.32 Å². The van der Waals surface area contributed by atoms with Gasteiger partial charge in [-0.2, -0.15) is 10.1 Å². The van der Waals surface area contributed by atoms with Crippen LogP contribution in [0.2, 0.25) is 0 Å². The van der Waals surface area contributed by atoms with Gasteiger partial charge in [0.25, 0.3) is 0 Å². The average molecular weight is 333 g/mol. The van der Waals surface area contributed by atoms with Crippen molar-refractivity contribution in [2.75, 3.05) is 5.32 Å². The molecule has 0 radical (unpaired) electrons. The third-order valence-corrected chi connectivity index (χ3v) is 3.89. The lowest BCUT2D eigenvalue weighted by molar-refractivity contribution is -0.114. The molecule has 5 nitrogen and oxygen atoms in total. The van der Waals surface area contributed by atoms with Crippen LogP contribution >= 0.6 is 15.9 Å². The van der Waals surface area contributed by atoms with Crippen LogP contribution in [0.25, 0.3) is 0 Å². The fourth-order valence-corrected chi connectivity index (χ4v) is 2.76. The molecular formula is C14H13BrN4O. The van der Waals surface area contributed by atoms with Crippen LogP contribution in [0.1, 0.15) is 25.5 Å². The molecule has 0 fully saturated rings. The molecule has 1 aliphatic rings. The summed E-state index contributed by atoms with van der Waals surface area (Å²) >= 11 is 3.42. The first kappa shape index (κ1) is 13.1. The number of halogens is 1. The zero-order valence-corrected chi connectivity index (χ0v) is 12.7. The van der Waals surface area contributed by atoms with Crippen LogP contribution < -0.4 is 5.32 Å². The highest BCUT2D eigenvalue weighted by atomic mass is 79.9. The third kappa shape index (κ3) is 2.06. The highest BCUT2D eigenvalue weighted by Gasteiger charge is 2.31. The first-order chi connectivity index (χ1) is 9.58. The summed E-state index contributed by atoms with van der Waals surface area (Å²) in [5, 5.41) is 7.37. The van der Waals surface area contributed by atoms with Crippen molar-refractivity contribution in [3.8, 4) is 0 Å². The third-order valence-electron chi connectivity index (χ3n) is 3.36. The molecule has 0 saturated heterocycles. The van der Waals surface area contributed by atoms with E-state index in [1.807, 2.05) is 31.2 Å². The number of ketones is 1. The van der Waals surface area contributed by atoms with Crippen molar-refractivity contribution in [1.29, 1.82) is 0 Å². The van der Waals surface area contributed by atoms with Crippen LogP contribution in [-0.4, -0.2) is 20.5 Å². The number of aromatic nitrogens is 3. The standard InChI is InChI=1S/C14H13BrN4O/c1-8-12(9(2)20)13(10-3-5-11(15)6-4-10)19-14(18-8)16-7-17-19/h3-7,13H,1-2H3,(H,16,17,18)/t13-/m0/s1. The summed E-state index contributed by atoms with van der Waals surface area (Å²) < 4.78 is 2.74. The molecule has 0 amide bonds. The van der Waals surface area contributed by atoms with E-state index in [2.05, 4.69) is 31.3 Å². The molecule has 0 saturated carbocycles. The highest BCUT2D eigenvalue weighted by molar-refractivity contribution is 9.10. The molecule has 2 aromatic rings. The zero-order valence-electron chi connectivity index (χ0n) is 11.1. The topological polar surface area (TPSA) is 59.8 Å². The van der Waals surface area contributed by atoms with E-state index >= 15 is 0 Å². The Balaban J connectivity index is 2.19. The molecule has 0 aliphatic carbocycles. The lowest BCUT2D eigenvalue weighted by Crippen LogP contribution is -2.27. The number of allylic oxidation sites excluding steroid dienone is 2. The minimum absolute atomic E-state index is 0.0315. The van der Waals surface area contributed by atoms with E-state index in [1.165, 1.54) is 6.33 Å². The van der Waals surface area contributed by atoms with Crippen molar-refractivity contribution in [3.05, 3.63) is 51.9 Å². The normalized spacial score (nSPS) is 17.6. The summed E-state index contributed by atoms with van der Waals surface area (Å²) in [6, 6.07) is 7.66. The van der Waals surface area contributed by atoms with Gasteiger partial charge in [0.15, 0.2) is 5.78 Å².